The zero-order chi connectivity index (χ0) is 27.8. The molecule has 6 heteroatoms. The third kappa shape index (κ3) is 6.18. The number of thiazole rings is 1. The van der Waals surface area contributed by atoms with E-state index in [9.17, 15) is 9.90 Å². The van der Waals surface area contributed by atoms with Gasteiger partial charge in [-0.25, -0.2) is 4.98 Å². The number of carbonyl (C=O) groups is 1. The molecule has 0 saturated carbocycles. The van der Waals surface area contributed by atoms with Gasteiger partial charge in [-0.1, -0.05) is 48.8 Å². The molecule has 1 heterocycles. The molecule has 0 aliphatic carbocycles. The topological polar surface area (TPSA) is 88.2 Å². The number of hydrogen-bond acceptors (Lipinski definition) is 5. The van der Waals surface area contributed by atoms with Crippen molar-refractivity contribution in [3.05, 3.63) is 76.7 Å². The number of aliphatic hydroxyl groups is 1. The number of carbonyl (C=O) groups excluding carboxylic acids is 1. The molecule has 0 aliphatic heterocycles. The zero-order valence-corrected chi connectivity index (χ0v) is 15.7. The molecular weight excluding hydrogens is 370 g/mol. The van der Waals surface area contributed by atoms with Gasteiger partial charge in [-0.3, -0.25) is 4.79 Å². The van der Waals surface area contributed by atoms with Crippen molar-refractivity contribution >= 4 is 28.1 Å². The molecule has 0 unspecified atom stereocenters. The van der Waals surface area contributed by atoms with Gasteiger partial charge in [0.15, 0.2) is 5.13 Å². The lowest BCUT2D eigenvalue weighted by atomic mass is 10.0. The van der Waals surface area contributed by atoms with Crippen molar-refractivity contribution in [1.82, 2.24) is 4.98 Å². The first kappa shape index (κ1) is 11.3. The molecule has 28 heavy (non-hydrogen) atoms. The van der Waals surface area contributed by atoms with Crippen LogP contribution in [0.1, 0.15) is 54.5 Å². The predicted molar refractivity (Wildman–Crippen MR) is 114 cm³/mol. The number of nitrogens with zero attached hydrogens (tertiary/aromatic N) is 1. The third-order valence-corrected chi connectivity index (χ3v) is 4.30. The van der Waals surface area contributed by atoms with Crippen molar-refractivity contribution in [1.29, 1.82) is 0 Å². The first-order valence-corrected chi connectivity index (χ1v) is 9.39. The van der Waals surface area contributed by atoms with E-state index in [1.807, 2.05) is 0 Å². The van der Waals surface area contributed by atoms with Crippen molar-refractivity contribution in [2.45, 2.75) is 38.1 Å². The number of rotatable bonds is 9. The summed E-state index contributed by atoms with van der Waals surface area (Å²) in [7, 11) is 0. The average molecular weight is 405 g/mol. The lowest BCUT2D eigenvalue weighted by Crippen LogP contribution is -2.14. The van der Waals surface area contributed by atoms with Gasteiger partial charge in [0.05, 0.1) is 25.0 Å². The highest BCUT2D eigenvalue weighted by Crippen LogP contribution is 2.20. The molecule has 4 N–H and O–H groups in total. The molecule has 146 valence electrons. The van der Waals surface area contributed by atoms with E-state index >= 15 is 0 Å². The van der Waals surface area contributed by atoms with E-state index in [-0.39, 0.29) is 30.1 Å². The van der Waals surface area contributed by atoms with Crippen LogP contribution in [0.5, 0.6) is 0 Å². The Hall–Kier alpha value is -2.70. The molecule has 1 amide bonds. The predicted octanol–water partition coefficient (Wildman–Crippen LogP) is 4.35. The van der Waals surface area contributed by atoms with Crippen LogP contribution in [-0.4, -0.2) is 16.0 Å². The van der Waals surface area contributed by atoms with Gasteiger partial charge in [-0.2, -0.15) is 0 Å². The maximum atomic E-state index is 12.6. The Morgan fingerprint density at radius 3 is 2.71 bits per heavy atom. The summed E-state index contributed by atoms with van der Waals surface area (Å²) >= 11 is 0.921. The quantitative estimate of drug-likeness (QED) is 0.495. The molecule has 2 aromatic carbocycles. The Labute approximate surface area is 181 Å². The first-order chi connectivity index (χ1) is 17.1. The summed E-state index contributed by atoms with van der Waals surface area (Å²) < 4.78 is 74.2. The molecular formula is C22H25N3O2S. The molecule has 5 nitrogen and oxygen atoms in total. The monoisotopic (exact) mass is 404 g/mol. The Morgan fingerprint density at radius 1 is 1.29 bits per heavy atom. The van der Waals surface area contributed by atoms with E-state index in [1.54, 1.807) is 30.3 Å². The van der Waals surface area contributed by atoms with E-state index in [2.05, 4.69) is 10.3 Å². The number of nitrogen functional groups attached to an aromatic ring is 1. The Bertz CT molecular complexity index is 1270. The van der Waals surface area contributed by atoms with E-state index in [0.29, 0.717) is 5.56 Å². The Morgan fingerprint density at radius 2 is 2.04 bits per heavy atom. The van der Waals surface area contributed by atoms with Gasteiger partial charge in [0, 0.05) is 16.6 Å². The minimum absolute atomic E-state index is 0.00307. The minimum Gasteiger partial charge on any atom is -0.388 e. The van der Waals surface area contributed by atoms with Gasteiger partial charge < -0.3 is 16.2 Å². The zero-order valence-electron chi connectivity index (χ0n) is 23.9. The molecule has 0 spiro atoms. The van der Waals surface area contributed by atoms with Crippen LogP contribution in [0.2, 0.25) is 0 Å². The minimum atomic E-state index is -2.68. The summed E-state index contributed by atoms with van der Waals surface area (Å²) in [4.78, 5) is 16.4. The highest BCUT2D eigenvalue weighted by molar-refractivity contribution is 7.13. The lowest BCUT2D eigenvalue weighted by molar-refractivity contribution is -0.115. The van der Waals surface area contributed by atoms with Crippen LogP contribution in [-0.2, 0) is 17.5 Å². The number of anilines is 2. The molecule has 1 atom stereocenters. The molecule has 0 radical (unpaired) electrons. The number of aromatic nitrogens is 1. The number of amides is 1. The number of nitrogens with one attached hydrogen (secondary N) is 1. The Kier molecular flexibility index (Phi) is 4.05. The Balaban J connectivity index is 1.84. The number of hydrogen-bond donors (Lipinski definition) is 3. The van der Waals surface area contributed by atoms with Crippen LogP contribution in [0, 0.1) is 0 Å². The van der Waals surface area contributed by atoms with Crippen molar-refractivity contribution in [3.63, 3.8) is 0 Å². The maximum absolute atomic E-state index is 12.6. The van der Waals surface area contributed by atoms with Gasteiger partial charge in [0.1, 0.15) is 0 Å². The third-order valence-electron chi connectivity index (χ3n) is 3.63. The van der Waals surface area contributed by atoms with Gasteiger partial charge in [-0.05, 0) is 42.4 Å². The molecule has 0 saturated heterocycles. The van der Waals surface area contributed by atoms with E-state index in [4.69, 9.17) is 18.1 Å². The lowest BCUT2D eigenvalue weighted by Gasteiger charge is -2.10. The van der Waals surface area contributed by atoms with Crippen molar-refractivity contribution in [3.8, 4) is 0 Å². The summed E-state index contributed by atoms with van der Waals surface area (Å²) in [5.74, 6) is -1.29. The molecule has 3 rings (SSSR count). The normalized spacial score (nSPS) is 18.7. The summed E-state index contributed by atoms with van der Waals surface area (Å²) in [6.45, 7) is 0. The highest BCUT2D eigenvalue weighted by atomic mass is 32.1. The van der Waals surface area contributed by atoms with Crippen LogP contribution in [0.25, 0.3) is 0 Å². The summed E-state index contributed by atoms with van der Waals surface area (Å²) in [5, 5.41) is 13.8. The highest BCUT2D eigenvalue weighted by Gasteiger charge is 2.08. The second-order valence-corrected chi connectivity index (χ2v) is 6.63. The van der Waals surface area contributed by atoms with Crippen LogP contribution in [0.3, 0.4) is 0 Å². The van der Waals surface area contributed by atoms with Gasteiger partial charge in [0.2, 0.25) is 5.91 Å². The van der Waals surface area contributed by atoms with Crippen LogP contribution in [0.15, 0.2) is 59.9 Å². The van der Waals surface area contributed by atoms with Crippen LogP contribution < -0.4 is 11.1 Å². The smallest absolute Gasteiger partial charge is 0.230 e. The summed E-state index contributed by atoms with van der Waals surface area (Å²) in [5.41, 5.74) is 4.42. The fraction of sp³-hybridized carbons (Fsp3) is 0.273. The van der Waals surface area contributed by atoms with Crippen molar-refractivity contribution in [2.75, 3.05) is 11.1 Å². The van der Waals surface area contributed by atoms with E-state index in [1.165, 1.54) is 5.38 Å². The van der Waals surface area contributed by atoms with Gasteiger partial charge >= 0.3 is 0 Å². The fourth-order valence-corrected chi connectivity index (χ4v) is 2.81. The number of nitrogens with two attached hydrogens (primary N) is 1. The van der Waals surface area contributed by atoms with E-state index in [0.717, 1.165) is 11.3 Å². The average Bonchev–Trinajstić information content (AvgIpc) is 3.27. The second kappa shape index (κ2) is 10.0. The summed E-state index contributed by atoms with van der Waals surface area (Å²) in [6, 6.07) is 5.24. The molecule has 0 aliphatic rings. The molecule has 3 aromatic rings. The second-order valence-electron chi connectivity index (χ2n) is 5.74. The maximum Gasteiger partial charge on any atom is 0.230 e. The van der Waals surface area contributed by atoms with E-state index < -0.39 is 60.2 Å². The van der Waals surface area contributed by atoms with Crippen LogP contribution in [0.4, 0.5) is 10.8 Å². The SMILES string of the molecule is [2H]c1c([2H])c(C([2H])([2H])CCC[C@]([2H])(O)c2ccccc2)c([2H])c([2H])c1NC(=O)C([2H])([2H])c1csc(N)n1. The summed E-state index contributed by atoms with van der Waals surface area (Å²) in [6.07, 6.45) is -7.46. The van der Waals surface area contributed by atoms with Gasteiger partial charge in [0.25, 0.3) is 0 Å². The van der Waals surface area contributed by atoms with Crippen LogP contribution >= 0.6 is 11.3 Å². The first-order valence-electron chi connectivity index (χ1n) is 13.0. The van der Waals surface area contributed by atoms with Gasteiger partial charge in [-0.15, -0.1) is 11.3 Å². The van der Waals surface area contributed by atoms with Crippen molar-refractivity contribution < 1.29 is 22.2 Å². The number of benzene rings is 2. The standard InChI is InChI=1S/C22H25N3O2S/c23-22-25-19(15-28-22)14-21(27)24-18-12-10-16(11-13-18)6-4-5-9-20(26)17-7-2-1-3-8-17/h1-3,7-8,10-13,15,20,26H,4-6,9,14H2,(H2,23,25)(H,24,27)/t20-/m0/s1/i6D2,10D,11D,12D,13D,14D2,20D. The largest absolute Gasteiger partial charge is 0.388 e. The van der Waals surface area contributed by atoms with Crippen molar-refractivity contribution in [2.24, 2.45) is 0 Å². The molecule has 1 aromatic heterocycles. The molecule has 0 fully saturated rings. The molecule has 0 bridgehead atoms. The fourth-order valence-electron chi connectivity index (χ4n) is 2.31.